The Balaban J connectivity index is 2.42. The van der Waals surface area contributed by atoms with E-state index in [1.807, 2.05) is 0 Å². The molecule has 1 rings (SSSR count). The van der Waals surface area contributed by atoms with Crippen molar-refractivity contribution in [3.05, 3.63) is 0 Å². The highest BCUT2D eigenvalue weighted by Gasteiger charge is 2.33. The van der Waals surface area contributed by atoms with Gasteiger partial charge >= 0.3 is 0 Å². The second-order valence-electron chi connectivity index (χ2n) is 2.62. The van der Waals surface area contributed by atoms with Crippen molar-refractivity contribution >= 4 is 22.6 Å². The smallest absolute Gasteiger partial charge is 0.219 e. The normalized spacial score (nSPS) is 23.0. The molecule has 0 spiro atoms. The third-order valence-electron chi connectivity index (χ3n) is 1.87. The van der Waals surface area contributed by atoms with E-state index >= 15 is 0 Å². The Bertz CT molecular complexity index is 91.7. The van der Waals surface area contributed by atoms with E-state index in [4.69, 9.17) is 10.2 Å². The molecule has 1 fully saturated rings. The van der Waals surface area contributed by atoms with Gasteiger partial charge in [-0.1, -0.05) is 12.8 Å². The fourth-order valence-corrected chi connectivity index (χ4v) is 1.92. The van der Waals surface area contributed by atoms with Crippen molar-refractivity contribution in [1.82, 2.24) is 0 Å². The molecule has 0 aromatic rings. The van der Waals surface area contributed by atoms with Crippen LogP contribution >= 0.6 is 22.6 Å². The molecule has 0 aliphatic heterocycles. The van der Waals surface area contributed by atoms with E-state index in [1.54, 1.807) is 22.6 Å². The second-order valence-corrected chi connectivity index (χ2v) is 4.21. The van der Waals surface area contributed by atoms with Crippen molar-refractivity contribution in [1.29, 1.82) is 0 Å². The van der Waals surface area contributed by atoms with Gasteiger partial charge in [0.1, 0.15) is 0 Å². The molecule has 0 aromatic carbocycles. The molecule has 1 aliphatic carbocycles. The van der Waals surface area contributed by atoms with Crippen molar-refractivity contribution in [2.24, 2.45) is 5.92 Å². The lowest BCUT2D eigenvalue weighted by Crippen LogP contribution is -2.27. The van der Waals surface area contributed by atoms with Crippen molar-refractivity contribution < 1.29 is 10.2 Å². The fourth-order valence-electron chi connectivity index (χ4n) is 1.29. The van der Waals surface area contributed by atoms with E-state index in [0.717, 1.165) is 25.7 Å². The zero-order chi connectivity index (χ0) is 6.91. The van der Waals surface area contributed by atoms with Gasteiger partial charge in [-0.2, -0.15) is 0 Å². The van der Waals surface area contributed by atoms with Crippen LogP contribution in [-0.2, 0) is 0 Å². The largest absolute Gasteiger partial charge is 0.357 e. The van der Waals surface area contributed by atoms with Crippen LogP contribution in [0.15, 0.2) is 0 Å². The number of hydrogen-bond donors (Lipinski definition) is 2. The predicted octanol–water partition coefficient (Wildman–Crippen LogP) is 1.25. The monoisotopic (exact) mass is 242 g/mol. The third kappa shape index (κ3) is 2.05. The summed E-state index contributed by atoms with van der Waals surface area (Å²) >= 11 is 1.69. The molecule has 3 heteroatoms. The van der Waals surface area contributed by atoms with Crippen LogP contribution < -0.4 is 0 Å². The van der Waals surface area contributed by atoms with Crippen LogP contribution in [0.2, 0.25) is 0 Å². The summed E-state index contributed by atoms with van der Waals surface area (Å²) in [5.41, 5.74) is 0. The van der Waals surface area contributed by atoms with Crippen LogP contribution in [-0.4, -0.2) is 14.0 Å². The maximum atomic E-state index is 9.06. The highest BCUT2D eigenvalue weighted by molar-refractivity contribution is 14.1. The number of aliphatic hydroxyl groups is 2. The maximum absolute atomic E-state index is 9.06. The Morgan fingerprint density at radius 3 is 1.89 bits per heavy atom. The molecule has 0 saturated heterocycles. The first-order valence-corrected chi connectivity index (χ1v) is 4.32. The van der Waals surface area contributed by atoms with Crippen molar-refractivity contribution in [3.8, 4) is 0 Å². The summed E-state index contributed by atoms with van der Waals surface area (Å²) in [5.74, 6) is 0.109. The fraction of sp³-hybridized carbons (Fsp3) is 1.00. The highest BCUT2D eigenvalue weighted by atomic mass is 127. The van der Waals surface area contributed by atoms with Gasteiger partial charge in [0.05, 0.1) is 0 Å². The van der Waals surface area contributed by atoms with Crippen molar-refractivity contribution in [2.45, 2.75) is 29.5 Å². The Kier molecular flexibility index (Phi) is 2.34. The summed E-state index contributed by atoms with van der Waals surface area (Å²) in [6.07, 6.45) is 4.24. The van der Waals surface area contributed by atoms with Gasteiger partial charge in [-0.3, -0.25) is 0 Å². The summed E-state index contributed by atoms with van der Waals surface area (Å²) in [5, 5.41) is 18.1. The standard InChI is InChI=1S/C6H11IO2/c7-6(8,9)5-3-1-2-4-5/h5,8-9H,1-4H2. The number of hydrogen-bond acceptors (Lipinski definition) is 2. The molecule has 0 radical (unpaired) electrons. The van der Waals surface area contributed by atoms with Gasteiger partial charge < -0.3 is 10.2 Å². The SMILES string of the molecule is OC(O)(I)C1CCCC1. The molecule has 9 heavy (non-hydrogen) atoms. The van der Waals surface area contributed by atoms with Crippen LogP contribution in [0.3, 0.4) is 0 Å². The average Bonchev–Trinajstić information content (AvgIpc) is 2.08. The Labute approximate surface area is 68.4 Å². The lowest BCUT2D eigenvalue weighted by Gasteiger charge is -2.20. The van der Waals surface area contributed by atoms with Crippen LogP contribution in [0.25, 0.3) is 0 Å². The lowest BCUT2D eigenvalue weighted by molar-refractivity contribution is -0.0995. The zero-order valence-corrected chi connectivity index (χ0v) is 7.34. The van der Waals surface area contributed by atoms with Gasteiger partial charge in [0.2, 0.25) is 3.79 Å². The van der Waals surface area contributed by atoms with Crippen LogP contribution in [0.5, 0.6) is 0 Å². The molecule has 0 unspecified atom stereocenters. The molecule has 1 aliphatic rings. The molecule has 0 heterocycles. The molecule has 0 bridgehead atoms. The van der Waals surface area contributed by atoms with E-state index in [2.05, 4.69) is 0 Å². The van der Waals surface area contributed by atoms with E-state index in [-0.39, 0.29) is 5.92 Å². The predicted molar refractivity (Wildman–Crippen MR) is 43.1 cm³/mol. The summed E-state index contributed by atoms with van der Waals surface area (Å²) in [4.78, 5) is 0. The first kappa shape index (κ1) is 7.75. The minimum Gasteiger partial charge on any atom is -0.357 e. The Hall–Kier alpha value is 0.650. The molecule has 2 nitrogen and oxygen atoms in total. The summed E-state index contributed by atoms with van der Waals surface area (Å²) < 4.78 is -1.45. The number of halogens is 1. The molecule has 0 aromatic heterocycles. The van der Waals surface area contributed by atoms with E-state index in [9.17, 15) is 0 Å². The van der Waals surface area contributed by atoms with E-state index < -0.39 is 3.79 Å². The van der Waals surface area contributed by atoms with Gasteiger partial charge in [-0.05, 0) is 35.4 Å². The molecule has 0 atom stereocenters. The van der Waals surface area contributed by atoms with Crippen LogP contribution in [0.4, 0.5) is 0 Å². The topological polar surface area (TPSA) is 40.5 Å². The van der Waals surface area contributed by atoms with Gasteiger partial charge in [0.25, 0.3) is 0 Å². The quantitative estimate of drug-likeness (QED) is 0.412. The molecule has 0 amide bonds. The lowest BCUT2D eigenvalue weighted by atomic mass is 10.1. The molecular weight excluding hydrogens is 231 g/mol. The van der Waals surface area contributed by atoms with Crippen molar-refractivity contribution in [3.63, 3.8) is 0 Å². The second kappa shape index (κ2) is 2.72. The van der Waals surface area contributed by atoms with Gasteiger partial charge in [-0.15, -0.1) is 0 Å². The summed E-state index contributed by atoms with van der Waals surface area (Å²) in [7, 11) is 0. The molecule has 54 valence electrons. The minimum absolute atomic E-state index is 0.109. The van der Waals surface area contributed by atoms with E-state index in [0.29, 0.717) is 0 Å². The molecule has 1 saturated carbocycles. The average molecular weight is 242 g/mol. The minimum atomic E-state index is -1.45. The van der Waals surface area contributed by atoms with Crippen LogP contribution in [0.1, 0.15) is 25.7 Å². The van der Waals surface area contributed by atoms with Crippen LogP contribution in [0, 0.1) is 5.92 Å². The van der Waals surface area contributed by atoms with Gasteiger partial charge in [-0.25, -0.2) is 0 Å². The summed E-state index contributed by atoms with van der Waals surface area (Å²) in [6.45, 7) is 0. The Morgan fingerprint density at radius 1 is 1.22 bits per heavy atom. The highest BCUT2D eigenvalue weighted by Crippen LogP contribution is 2.35. The maximum Gasteiger partial charge on any atom is 0.219 e. The molecular formula is C6H11IO2. The first-order chi connectivity index (χ1) is 4.11. The first-order valence-electron chi connectivity index (χ1n) is 3.24. The van der Waals surface area contributed by atoms with Gasteiger partial charge in [0, 0.05) is 5.92 Å². The van der Waals surface area contributed by atoms with Gasteiger partial charge in [0.15, 0.2) is 0 Å². The van der Waals surface area contributed by atoms with E-state index in [1.165, 1.54) is 0 Å². The Morgan fingerprint density at radius 2 is 1.67 bits per heavy atom. The number of rotatable bonds is 1. The van der Waals surface area contributed by atoms with Crippen molar-refractivity contribution in [2.75, 3.05) is 0 Å². The number of alkyl halides is 1. The zero-order valence-electron chi connectivity index (χ0n) is 5.18. The summed E-state index contributed by atoms with van der Waals surface area (Å²) in [6, 6.07) is 0. The third-order valence-corrected chi connectivity index (χ3v) is 2.76. The molecule has 2 N–H and O–H groups in total.